The van der Waals surface area contributed by atoms with Crippen molar-refractivity contribution in [3.63, 3.8) is 0 Å². The van der Waals surface area contributed by atoms with Crippen LogP contribution in [0, 0.1) is 0 Å². The van der Waals surface area contributed by atoms with Gasteiger partial charge in [-0.25, -0.2) is 0 Å². The molecule has 4 nitrogen and oxygen atoms in total. The molecule has 20 heavy (non-hydrogen) atoms. The van der Waals surface area contributed by atoms with Crippen LogP contribution in [0.5, 0.6) is 0 Å². The number of hydrogen-bond donors (Lipinski definition) is 0. The summed E-state index contributed by atoms with van der Waals surface area (Å²) >= 11 is 0. The second-order valence-corrected chi connectivity index (χ2v) is 5.06. The van der Waals surface area contributed by atoms with E-state index >= 15 is 0 Å². The summed E-state index contributed by atoms with van der Waals surface area (Å²) in [4.78, 5) is 14.1. The summed E-state index contributed by atoms with van der Waals surface area (Å²) in [5, 5.41) is 4.08. The predicted octanol–water partition coefficient (Wildman–Crippen LogP) is 2.02. The van der Waals surface area contributed by atoms with E-state index in [1.165, 1.54) is 11.1 Å². The Bertz CT molecular complexity index is 657. The van der Waals surface area contributed by atoms with Gasteiger partial charge in [0, 0.05) is 38.0 Å². The Kier molecular flexibility index (Phi) is 3.37. The minimum Gasteiger partial charge on any atom is -0.334 e. The van der Waals surface area contributed by atoms with Gasteiger partial charge >= 0.3 is 0 Å². The summed E-state index contributed by atoms with van der Waals surface area (Å²) in [5.74, 6) is 0.0587. The number of hydrogen-bond acceptors (Lipinski definition) is 2. The lowest BCUT2D eigenvalue weighted by Crippen LogP contribution is -2.34. The zero-order chi connectivity index (χ0) is 13.9. The van der Waals surface area contributed by atoms with E-state index in [2.05, 4.69) is 23.3 Å². The number of amides is 1. The van der Waals surface area contributed by atoms with E-state index in [4.69, 9.17) is 0 Å². The average Bonchev–Trinajstić information content (AvgIpc) is 2.90. The first-order chi connectivity index (χ1) is 9.72. The molecule has 1 aromatic carbocycles. The summed E-state index contributed by atoms with van der Waals surface area (Å²) in [6, 6.07) is 8.32. The fourth-order valence-electron chi connectivity index (χ4n) is 2.48. The molecule has 1 amide bonds. The van der Waals surface area contributed by atoms with Gasteiger partial charge in [0.25, 0.3) is 0 Å². The first-order valence-electron chi connectivity index (χ1n) is 6.75. The molecule has 0 saturated heterocycles. The van der Waals surface area contributed by atoms with Crippen LogP contribution in [-0.2, 0) is 24.8 Å². The summed E-state index contributed by atoms with van der Waals surface area (Å²) in [5.41, 5.74) is 3.55. The number of aryl methyl sites for hydroxylation is 1. The fourth-order valence-corrected chi connectivity index (χ4v) is 2.48. The average molecular weight is 267 g/mol. The van der Waals surface area contributed by atoms with Gasteiger partial charge in [-0.3, -0.25) is 9.48 Å². The van der Waals surface area contributed by atoms with Crippen molar-refractivity contribution in [1.29, 1.82) is 0 Å². The summed E-state index contributed by atoms with van der Waals surface area (Å²) in [6.45, 7) is 1.49. The lowest BCUT2D eigenvalue weighted by Gasteiger charge is -2.27. The number of fused-ring (bicyclic) bond motifs is 1. The van der Waals surface area contributed by atoms with Crippen LogP contribution in [0.25, 0.3) is 6.08 Å². The van der Waals surface area contributed by atoms with E-state index in [0.29, 0.717) is 6.54 Å². The van der Waals surface area contributed by atoms with Crippen molar-refractivity contribution in [1.82, 2.24) is 14.7 Å². The highest BCUT2D eigenvalue weighted by Gasteiger charge is 2.18. The van der Waals surface area contributed by atoms with Crippen molar-refractivity contribution in [2.75, 3.05) is 6.54 Å². The first kappa shape index (κ1) is 12.7. The van der Waals surface area contributed by atoms with Crippen LogP contribution in [0.2, 0.25) is 0 Å². The maximum atomic E-state index is 12.2. The smallest absolute Gasteiger partial charge is 0.246 e. The van der Waals surface area contributed by atoms with E-state index in [1.54, 1.807) is 17.0 Å². The van der Waals surface area contributed by atoms with Gasteiger partial charge in [-0.05, 0) is 23.6 Å². The van der Waals surface area contributed by atoms with Gasteiger partial charge in [0.15, 0.2) is 0 Å². The monoisotopic (exact) mass is 267 g/mol. The summed E-state index contributed by atoms with van der Waals surface area (Å²) in [6.07, 6.45) is 8.01. The van der Waals surface area contributed by atoms with Gasteiger partial charge in [-0.15, -0.1) is 0 Å². The Morgan fingerprint density at radius 2 is 2.10 bits per heavy atom. The van der Waals surface area contributed by atoms with Crippen molar-refractivity contribution in [2.45, 2.75) is 13.0 Å². The molecule has 0 spiro atoms. The van der Waals surface area contributed by atoms with Crippen molar-refractivity contribution >= 4 is 12.0 Å². The lowest BCUT2D eigenvalue weighted by molar-refractivity contribution is -0.126. The van der Waals surface area contributed by atoms with Gasteiger partial charge in [0.2, 0.25) is 5.91 Å². The first-order valence-corrected chi connectivity index (χ1v) is 6.75. The molecule has 0 atom stereocenters. The molecule has 4 heteroatoms. The van der Waals surface area contributed by atoms with Crippen LogP contribution < -0.4 is 0 Å². The second-order valence-electron chi connectivity index (χ2n) is 5.06. The molecule has 3 rings (SSSR count). The molecule has 0 unspecified atom stereocenters. The standard InChI is InChI=1S/C16H17N3O/c1-18-11-13(10-17-18)6-7-16(20)19-9-8-14-4-2-3-5-15(14)12-19/h2-7,10-11H,8-9,12H2,1H3/b7-6+. The van der Waals surface area contributed by atoms with Gasteiger partial charge in [0.1, 0.15) is 0 Å². The van der Waals surface area contributed by atoms with E-state index in [0.717, 1.165) is 18.5 Å². The highest BCUT2D eigenvalue weighted by atomic mass is 16.2. The van der Waals surface area contributed by atoms with Crippen LogP contribution in [-0.4, -0.2) is 27.1 Å². The molecule has 0 aliphatic carbocycles. The van der Waals surface area contributed by atoms with Crippen LogP contribution in [0.4, 0.5) is 0 Å². The van der Waals surface area contributed by atoms with Crippen molar-refractivity contribution in [3.8, 4) is 0 Å². The van der Waals surface area contributed by atoms with E-state index < -0.39 is 0 Å². The molecule has 2 aromatic rings. The molecule has 1 aliphatic heterocycles. The van der Waals surface area contributed by atoms with Crippen LogP contribution in [0.3, 0.4) is 0 Å². The summed E-state index contributed by atoms with van der Waals surface area (Å²) in [7, 11) is 1.86. The van der Waals surface area contributed by atoms with Crippen molar-refractivity contribution in [2.24, 2.45) is 7.05 Å². The number of benzene rings is 1. The third-order valence-corrected chi connectivity index (χ3v) is 3.59. The SMILES string of the molecule is Cn1cc(/C=C/C(=O)N2CCc3ccccc3C2)cn1. The zero-order valence-corrected chi connectivity index (χ0v) is 11.5. The van der Waals surface area contributed by atoms with Gasteiger partial charge in [0.05, 0.1) is 6.20 Å². The maximum absolute atomic E-state index is 12.2. The molecular weight excluding hydrogens is 250 g/mol. The Morgan fingerprint density at radius 1 is 1.30 bits per heavy atom. The molecule has 0 fully saturated rings. The summed E-state index contributed by atoms with van der Waals surface area (Å²) < 4.78 is 1.72. The third kappa shape index (κ3) is 2.64. The second kappa shape index (κ2) is 5.33. The minimum atomic E-state index is 0.0587. The minimum absolute atomic E-state index is 0.0587. The molecule has 0 saturated carbocycles. The Morgan fingerprint density at radius 3 is 2.85 bits per heavy atom. The highest BCUT2D eigenvalue weighted by Crippen LogP contribution is 2.18. The molecule has 0 radical (unpaired) electrons. The third-order valence-electron chi connectivity index (χ3n) is 3.59. The molecule has 102 valence electrons. The topological polar surface area (TPSA) is 38.1 Å². The van der Waals surface area contributed by atoms with Crippen LogP contribution in [0.15, 0.2) is 42.7 Å². The molecule has 0 bridgehead atoms. The van der Waals surface area contributed by atoms with Gasteiger partial charge in [-0.1, -0.05) is 24.3 Å². The highest BCUT2D eigenvalue weighted by molar-refractivity contribution is 5.91. The molecule has 1 aromatic heterocycles. The van der Waals surface area contributed by atoms with Crippen molar-refractivity contribution in [3.05, 3.63) is 59.4 Å². The number of carbonyl (C=O) groups is 1. The Balaban J connectivity index is 1.68. The molecule has 1 aliphatic rings. The van der Waals surface area contributed by atoms with E-state index in [1.807, 2.05) is 30.3 Å². The maximum Gasteiger partial charge on any atom is 0.246 e. The number of aromatic nitrogens is 2. The Labute approximate surface area is 118 Å². The molecule has 0 N–H and O–H groups in total. The normalized spacial score (nSPS) is 14.6. The van der Waals surface area contributed by atoms with Gasteiger partial charge < -0.3 is 4.90 Å². The van der Waals surface area contributed by atoms with Crippen LogP contribution in [0.1, 0.15) is 16.7 Å². The molecular formula is C16H17N3O. The quantitative estimate of drug-likeness (QED) is 0.781. The van der Waals surface area contributed by atoms with E-state index in [-0.39, 0.29) is 5.91 Å². The van der Waals surface area contributed by atoms with E-state index in [9.17, 15) is 4.79 Å². The van der Waals surface area contributed by atoms with Crippen molar-refractivity contribution < 1.29 is 4.79 Å². The fraction of sp³-hybridized carbons (Fsp3) is 0.250. The molecule has 2 heterocycles. The number of rotatable bonds is 2. The van der Waals surface area contributed by atoms with Crippen LogP contribution >= 0.6 is 0 Å². The lowest BCUT2D eigenvalue weighted by atomic mass is 10.00. The zero-order valence-electron chi connectivity index (χ0n) is 11.5. The predicted molar refractivity (Wildman–Crippen MR) is 77.8 cm³/mol. The largest absolute Gasteiger partial charge is 0.334 e. The van der Waals surface area contributed by atoms with Gasteiger partial charge in [-0.2, -0.15) is 5.10 Å². The number of nitrogens with zero attached hydrogens (tertiary/aromatic N) is 3. The Hall–Kier alpha value is -2.36. The number of carbonyl (C=O) groups excluding carboxylic acids is 1.